The van der Waals surface area contributed by atoms with E-state index < -0.39 is 12.1 Å². The Morgan fingerprint density at radius 1 is 1.00 bits per heavy atom. The predicted molar refractivity (Wildman–Crippen MR) is 130 cm³/mol. The zero-order chi connectivity index (χ0) is 24.8. The van der Waals surface area contributed by atoms with Crippen LogP contribution in [0.15, 0.2) is 54.6 Å². The lowest BCUT2D eigenvalue weighted by Gasteiger charge is -2.25. The van der Waals surface area contributed by atoms with Gasteiger partial charge >= 0.3 is 6.09 Å². The lowest BCUT2D eigenvalue weighted by molar-refractivity contribution is -0.125. The van der Waals surface area contributed by atoms with E-state index in [2.05, 4.69) is 5.32 Å². The van der Waals surface area contributed by atoms with Crippen molar-refractivity contribution in [2.75, 3.05) is 13.1 Å². The molecule has 2 atom stereocenters. The number of ether oxygens (including phenoxy) is 1. The molecule has 1 saturated heterocycles. The summed E-state index contributed by atoms with van der Waals surface area (Å²) in [4.78, 5) is 53.1. The lowest BCUT2D eigenvalue weighted by Crippen LogP contribution is -2.48. The molecular formula is C27H31N3O5. The number of carbonyl (C=O) groups is 4. The van der Waals surface area contributed by atoms with Crippen LogP contribution in [0.5, 0.6) is 0 Å². The van der Waals surface area contributed by atoms with E-state index in [1.54, 1.807) is 24.3 Å². The van der Waals surface area contributed by atoms with Gasteiger partial charge in [-0.2, -0.15) is 0 Å². The summed E-state index contributed by atoms with van der Waals surface area (Å²) in [7, 11) is 0. The Hall–Kier alpha value is -3.68. The summed E-state index contributed by atoms with van der Waals surface area (Å²) in [6.45, 7) is 2.96. The highest BCUT2D eigenvalue weighted by molar-refractivity contribution is 6.21. The fourth-order valence-corrected chi connectivity index (χ4v) is 4.63. The van der Waals surface area contributed by atoms with Gasteiger partial charge in [0.25, 0.3) is 11.8 Å². The van der Waals surface area contributed by atoms with Gasteiger partial charge in [0.05, 0.1) is 11.1 Å². The van der Waals surface area contributed by atoms with E-state index >= 15 is 0 Å². The summed E-state index contributed by atoms with van der Waals surface area (Å²) in [5.41, 5.74) is 1.82. The molecule has 8 nitrogen and oxygen atoms in total. The van der Waals surface area contributed by atoms with E-state index in [0.29, 0.717) is 43.5 Å². The molecule has 0 saturated carbocycles. The number of fused-ring (bicyclic) bond motifs is 1. The highest BCUT2D eigenvalue weighted by Gasteiger charge is 2.36. The average Bonchev–Trinajstić information content (AvgIpc) is 3.45. The molecular weight excluding hydrogens is 446 g/mol. The summed E-state index contributed by atoms with van der Waals surface area (Å²) >= 11 is 0. The molecule has 35 heavy (non-hydrogen) atoms. The first kappa shape index (κ1) is 24.4. The molecule has 4 amide bonds. The number of rotatable bonds is 9. The fourth-order valence-electron chi connectivity index (χ4n) is 4.63. The molecule has 0 bridgehead atoms. The maximum Gasteiger partial charge on any atom is 0.410 e. The summed E-state index contributed by atoms with van der Waals surface area (Å²) in [5, 5.41) is 3.00. The van der Waals surface area contributed by atoms with Crippen molar-refractivity contribution in [2.45, 2.75) is 57.7 Å². The quantitative estimate of drug-likeness (QED) is 0.438. The molecule has 0 aromatic heterocycles. The summed E-state index contributed by atoms with van der Waals surface area (Å²) in [6.07, 6.45) is 3.02. The van der Waals surface area contributed by atoms with Crippen LogP contribution in [-0.4, -0.2) is 58.8 Å². The highest BCUT2D eigenvalue weighted by Crippen LogP contribution is 2.23. The minimum absolute atomic E-state index is 0.0903. The van der Waals surface area contributed by atoms with Crippen molar-refractivity contribution in [3.8, 4) is 0 Å². The zero-order valence-electron chi connectivity index (χ0n) is 19.9. The molecule has 0 aliphatic carbocycles. The molecule has 2 aromatic rings. The summed E-state index contributed by atoms with van der Waals surface area (Å²) in [5.74, 6) is -0.660. The van der Waals surface area contributed by atoms with E-state index in [9.17, 15) is 19.2 Å². The first-order chi connectivity index (χ1) is 17.0. The number of likely N-dealkylation sites (tertiary alicyclic amines) is 1. The van der Waals surface area contributed by atoms with Gasteiger partial charge in [-0.05, 0) is 56.7 Å². The number of imide groups is 1. The first-order valence-electron chi connectivity index (χ1n) is 12.2. The second kappa shape index (κ2) is 11.2. The van der Waals surface area contributed by atoms with Crippen LogP contribution in [0.4, 0.5) is 4.79 Å². The van der Waals surface area contributed by atoms with Crippen LogP contribution in [0, 0.1) is 0 Å². The van der Waals surface area contributed by atoms with E-state index in [1.165, 1.54) is 9.80 Å². The molecule has 2 heterocycles. The third-order valence-corrected chi connectivity index (χ3v) is 6.53. The van der Waals surface area contributed by atoms with Gasteiger partial charge in [-0.25, -0.2) is 4.79 Å². The minimum atomic E-state index is -0.529. The number of carbonyl (C=O) groups excluding carboxylic acids is 4. The van der Waals surface area contributed by atoms with Crippen LogP contribution in [0.1, 0.15) is 65.3 Å². The van der Waals surface area contributed by atoms with E-state index in [1.807, 2.05) is 37.3 Å². The summed E-state index contributed by atoms with van der Waals surface area (Å²) in [6, 6.07) is 15.7. The Kier molecular flexibility index (Phi) is 7.80. The minimum Gasteiger partial charge on any atom is -0.445 e. The monoisotopic (exact) mass is 477 g/mol. The van der Waals surface area contributed by atoms with Gasteiger partial charge in [-0.15, -0.1) is 0 Å². The lowest BCUT2D eigenvalue weighted by atomic mass is 10.1. The van der Waals surface area contributed by atoms with E-state index in [4.69, 9.17) is 4.74 Å². The summed E-state index contributed by atoms with van der Waals surface area (Å²) < 4.78 is 5.41. The second-order valence-electron chi connectivity index (χ2n) is 9.10. The predicted octanol–water partition coefficient (Wildman–Crippen LogP) is 3.76. The Morgan fingerprint density at radius 2 is 1.66 bits per heavy atom. The average molecular weight is 478 g/mol. The Morgan fingerprint density at radius 3 is 2.34 bits per heavy atom. The second-order valence-corrected chi connectivity index (χ2v) is 9.10. The number of benzene rings is 2. The number of unbranched alkanes of at least 4 members (excludes halogenated alkanes) is 1. The van der Waals surface area contributed by atoms with Crippen molar-refractivity contribution in [1.82, 2.24) is 15.1 Å². The number of hydrogen-bond acceptors (Lipinski definition) is 5. The smallest absolute Gasteiger partial charge is 0.410 e. The van der Waals surface area contributed by atoms with E-state index in [0.717, 1.165) is 18.4 Å². The number of nitrogens with one attached hydrogen (secondary N) is 1. The molecule has 1 N–H and O–H groups in total. The van der Waals surface area contributed by atoms with Crippen molar-refractivity contribution in [1.29, 1.82) is 0 Å². The van der Waals surface area contributed by atoms with Crippen LogP contribution in [0.25, 0.3) is 0 Å². The highest BCUT2D eigenvalue weighted by atomic mass is 16.6. The third-order valence-electron chi connectivity index (χ3n) is 6.53. The third kappa shape index (κ3) is 5.70. The molecule has 0 spiro atoms. The van der Waals surface area contributed by atoms with Crippen molar-refractivity contribution in [3.63, 3.8) is 0 Å². The molecule has 2 aromatic carbocycles. The number of hydrogen-bond donors (Lipinski definition) is 1. The molecule has 4 rings (SSSR count). The molecule has 0 radical (unpaired) electrons. The van der Waals surface area contributed by atoms with Crippen LogP contribution >= 0.6 is 0 Å². The van der Waals surface area contributed by atoms with Crippen molar-refractivity contribution in [3.05, 3.63) is 71.3 Å². The maximum atomic E-state index is 12.8. The number of amides is 4. The van der Waals surface area contributed by atoms with Crippen LogP contribution in [0.3, 0.4) is 0 Å². The van der Waals surface area contributed by atoms with Gasteiger partial charge in [0, 0.05) is 19.1 Å². The van der Waals surface area contributed by atoms with Gasteiger partial charge in [0.15, 0.2) is 0 Å². The largest absolute Gasteiger partial charge is 0.445 e. The molecule has 8 heteroatoms. The molecule has 0 unspecified atom stereocenters. The Labute approximate surface area is 205 Å². The SMILES string of the molecule is C[C@@H](CCCCN1C(=O)c2ccccc2C1=O)NC(=O)[C@@H]1CCCN1C(=O)OCc1ccccc1. The van der Waals surface area contributed by atoms with Crippen molar-refractivity contribution >= 4 is 23.8 Å². The molecule has 2 aliphatic heterocycles. The standard InChI is InChI=1S/C27H31N3O5/c1-19(10-7-8-16-30-25(32)21-13-5-6-14-22(21)26(30)33)28-24(31)23-15-9-17-29(23)27(34)35-18-20-11-3-2-4-12-20/h2-6,11-14,19,23H,7-10,15-18H2,1H3,(H,28,31)/t19-,23-/m0/s1. The van der Waals surface area contributed by atoms with Gasteiger partial charge in [0.1, 0.15) is 12.6 Å². The van der Waals surface area contributed by atoms with Crippen molar-refractivity contribution in [2.24, 2.45) is 0 Å². The zero-order valence-corrected chi connectivity index (χ0v) is 19.9. The van der Waals surface area contributed by atoms with Crippen LogP contribution in [0.2, 0.25) is 0 Å². The Bertz CT molecular complexity index is 1050. The Balaban J connectivity index is 1.18. The topological polar surface area (TPSA) is 96.0 Å². The fraction of sp³-hybridized carbons (Fsp3) is 0.407. The van der Waals surface area contributed by atoms with Gasteiger partial charge in [0.2, 0.25) is 5.91 Å². The number of nitrogens with zero attached hydrogens (tertiary/aromatic N) is 2. The van der Waals surface area contributed by atoms with Gasteiger partial charge in [-0.1, -0.05) is 42.5 Å². The normalized spacial score (nSPS) is 17.9. The van der Waals surface area contributed by atoms with Crippen molar-refractivity contribution < 1.29 is 23.9 Å². The van der Waals surface area contributed by atoms with Crippen LogP contribution in [-0.2, 0) is 16.1 Å². The first-order valence-corrected chi connectivity index (χ1v) is 12.2. The van der Waals surface area contributed by atoms with Gasteiger partial charge in [-0.3, -0.25) is 24.2 Å². The molecule has 184 valence electrons. The maximum absolute atomic E-state index is 12.8. The molecule has 1 fully saturated rings. The van der Waals surface area contributed by atoms with Gasteiger partial charge < -0.3 is 10.1 Å². The van der Waals surface area contributed by atoms with Crippen LogP contribution < -0.4 is 5.32 Å². The molecule has 2 aliphatic rings. The van der Waals surface area contributed by atoms with E-state index in [-0.39, 0.29) is 30.4 Å².